The number of pyridine rings is 4. The molecule has 4 aliphatic rings. The number of nitrogens with zero attached hydrogens (tertiary/aromatic N) is 4. The van der Waals surface area contributed by atoms with E-state index in [4.69, 9.17) is 46.6 Å². The maximum atomic E-state index is 11.0. The fourth-order valence-corrected chi connectivity index (χ4v) is 16.7. The molecule has 4 aliphatic carbocycles. The number of aryl methyl sites for hydroxylation is 8. The van der Waals surface area contributed by atoms with Crippen LogP contribution in [0.3, 0.4) is 0 Å². The molecule has 4 N–H and O–H groups in total. The molecular weight excluding hydrogens is 2370 g/mol. The molecule has 4 aromatic heterocycles. The second-order valence-electron chi connectivity index (χ2n) is 36.4. The fourth-order valence-electron chi connectivity index (χ4n) is 16.7. The molecule has 16 rings (SSSR count). The first-order valence-electron chi connectivity index (χ1n) is 52.2. The van der Waals surface area contributed by atoms with E-state index < -0.39 is 27.4 Å². The van der Waals surface area contributed by atoms with Crippen LogP contribution in [0.4, 0.5) is 0 Å². The summed E-state index contributed by atoms with van der Waals surface area (Å²) in [6.07, 6.45) is 28.2. The Balaban J connectivity index is 0.000000306. The van der Waals surface area contributed by atoms with Crippen LogP contribution in [0.5, 0.6) is 0 Å². The second-order valence-corrected chi connectivity index (χ2v) is 36.4. The Labute approximate surface area is 870 Å². The summed E-state index contributed by atoms with van der Waals surface area (Å²) in [4.78, 5) is 61.4. The first-order chi connectivity index (χ1) is 66.8. The molecule has 4 fully saturated rings. The van der Waals surface area contributed by atoms with Gasteiger partial charge in [0.2, 0.25) is 0 Å². The predicted molar refractivity (Wildman–Crippen MR) is 541 cm³/mol. The molecule has 0 aliphatic heterocycles. The van der Waals surface area contributed by atoms with Crippen LogP contribution in [0.15, 0.2) is 217 Å². The van der Waals surface area contributed by atoms with Crippen molar-refractivity contribution >= 4 is 66.7 Å². The number of fused-ring (bicyclic) bond motifs is 4. The largest absolute Gasteiger partial charge is 0.512 e. The summed E-state index contributed by atoms with van der Waals surface area (Å²) >= 11 is 0. The number of aliphatic hydroxyl groups is 4. The standard InChI is InChI=1S/C24H26N.C23H24N.C22H22N.C21H20N.2C9H16O2.2C5H8O2.4Ir/c1-17-14-18(2)16-20(15-17)23-13-12-22-21(10-7-11-24(22)25-23)19-8-5-3-4-6-9-19;1-16-13-17(2)15-19(14-16)22-12-11-21-20(9-6-10-23(21)24-22)18-7-4-3-5-8-18;1-15-12-16(2)14-18(13-15)21-11-10-20-19(17-6-3-4-7-17)8-5-9-22(20)23-21;1-14-11-15(2)13-17(12-14)20-10-9-19-18(16-5-3-6-16)7-4-8-21(19)22-20;2*1-6(2)8(10)5-9(11)7(3)4;2*1-4(6)3-5(2)7;;;;/h7,10-15,19H,3-6,8-9H2,1-2H3;6,9-14,18H,3-5,7-8H2,1-2H3;5,8-13,17H,3-4,6-7H2,1-2H3;4,7-12,16H,3,5-6H2,1-2H3;2*5-7,10H,1-4H3;2*3,6H,1-2H3;;;;/q4*-1;;;;;;;;/i4*2D3;;;;;;;;. The fraction of sp³-hybridized carbons (Fsp3) is 0.390. The van der Waals surface area contributed by atoms with Crippen LogP contribution in [0.1, 0.15) is 306 Å². The van der Waals surface area contributed by atoms with Crippen molar-refractivity contribution in [2.24, 2.45) is 23.7 Å². The minimum atomic E-state index is -2.16. The average molecular weight is 2520 g/mol. The molecule has 0 saturated heterocycles. The first-order valence-corrected chi connectivity index (χ1v) is 46.2. The van der Waals surface area contributed by atoms with Crippen LogP contribution in [0, 0.1) is 103 Å². The summed E-state index contributed by atoms with van der Waals surface area (Å²) in [6, 6.07) is 68.7. The van der Waals surface area contributed by atoms with E-state index in [2.05, 4.69) is 103 Å². The average Bonchev–Trinajstić information content (AvgIpc) is 1.42. The van der Waals surface area contributed by atoms with Crippen molar-refractivity contribution in [3.8, 4) is 45.0 Å². The maximum Gasteiger partial charge on any atom is 0.161 e. The van der Waals surface area contributed by atoms with E-state index in [1.54, 1.807) is 24.3 Å². The molecule has 12 aromatic rings. The van der Waals surface area contributed by atoms with E-state index in [1.807, 2.05) is 150 Å². The van der Waals surface area contributed by atoms with Gasteiger partial charge in [-0.25, -0.2) is 0 Å². The summed E-state index contributed by atoms with van der Waals surface area (Å²) in [5.74, 6) is 2.74. The number of benzene rings is 8. The molecule has 16 heteroatoms. The van der Waals surface area contributed by atoms with Crippen molar-refractivity contribution in [3.63, 3.8) is 0 Å². The number of aromatic nitrogens is 4. The van der Waals surface area contributed by atoms with Crippen LogP contribution < -0.4 is 0 Å². The van der Waals surface area contributed by atoms with Gasteiger partial charge in [-0.2, -0.15) is 0 Å². The van der Waals surface area contributed by atoms with Gasteiger partial charge in [-0.15, -0.1) is 140 Å². The van der Waals surface area contributed by atoms with Crippen molar-refractivity contribution < 1.29 is 136 Å². The van der Waals surface area contributed by atoms with Crippen LogP contribution in [-0.4, -0.2) is 63.5 Å². The summed E-state index contributed by atoms with van der Waals surface area (Å²) in [6.45, 7) is 19.3. The Kier molecular flexibility index (Phi) is 41.2. The molecule has 0 atom stereocenters. The Morgan fingerprint density at radius 3 is 0.724 bits per heavy atom. The van der Waals surface area contributed by atoms with Gasteiger partial charge in [0.1, 0.15) is 0 Å². The number of hydrogen-bond acceptors (Lipinski definition) is 12. The molecule has 0 amide bonds. The van der Waals surface area contributed by atoms with Gasteiger partial charge in [-0.1, -0.05) is 272 Å². The third kappa shape index (κ3) is 36.1. The third-order valence-electron chi connectivity index (χ3n) is 23.6. The molecule has 720 valence electrons. The number of aliphatic hydroxyl groups excluding tert-OH is 4. The zero-order valence-corrected chi connectivity index (χ0v) is 89.9. The van der Waals surface area contributed by atoms with Gasteiger partial charge in [-0.3, -0.25) is 39.1 Å². The molecule has 134 heavy (non-hydrogen) atoms. The quantitative estimate of drug-likeness (QED) is 0.0309. The van der Waals surface area contributed by atoms with Gasteiger partial charge in [0.05, 0.1) is 45.1 Å². The number of allylic oxidation sites excluding steroid dienone is 8. The van der Waals surface area contributed by atoms with E-state index >= 15 is 0 Å². The van der Waals surface area contributed by atoms with Gasteiger partial charge in [0.25, 0.3) is 0 Å². The van der Waals surface area contributed by atoms with Crippen molar-refractivity contribution in [3.05, 3.63) is 308 Å². The first kappa shape index (κ1) is 96.5. The van der Waals surface area contributed by atoms with E-state index in [0.29, 0.717) is 23.7 Å². The minimum absolute atomic E-state index is 0. The van der Waals surface area contributed by atoms with Crippen LogP contribution in [0.2, 0.25) is 0 Å². The van der Waals surface area contributed by atoms with E-state index in [9.17, 15) is 29.4 Å². The number of carbonyl (C=O) groups is 4. The molecule has 4 saturated carbocycles. The topological polar surface area (TPSA) is 201 Å². The SMILES string of the molecule is CC(=O)C=C(C)O.CC(=O)C=C(C)O.CC(C)C(=O)C=C(O)C(C)C.CC(C)C(=O)C=C(O)C(C)C.[2H]C([2H])([2H])c1[c-]c(-c2ccc3c(C4CCC4)cccc3n2)cc(C)c1.[2H]C([2H])([2H])c1[c-]c(-c2ccc3c(C4CCCC4)cccc3n2)cc(C)c1.[2H]C([2H])([2H])c1[c-]c(-c2ccc3c(C4CCCCC4)cccc3n2)cc(C)c1.[2H]C([2H])([2H])c1[c-]c(-c2ccc3c(C4CCCCCC4)cccc3n2)cc(C)c1.[Ir].[Ir].[Ir].[Ir]. The van der Waals surface area contributed by atoms with Gasteiger partial charge in [0.15, 0.2) is 23.1 Å². The van der Waals surface area contributed by atoms with E-state index in [1.165, 1.54) is 211 Å². The molecule has 0 unspecified atom stereocenters. The van der Waals surface area contributed by atoms with Gasteiger partial charge in [-0.05, 0) is 172 Å². The zero-order chi connectivity index (χ0) is 104. The molecule has 8 aromatic carbocycles. The number of carbonyl (C=O) groups excluding carboxylic acids is 4. The minimum Gasteiger partial charge on any atom is -0.512 e. The van der Waals surface area contributed by atoms with Crippen LogP contribution >= 0.6 is 0 Å². The summed E-state index contributed by atoms with van der Waals surface area (Å²) in [7, 11) is 0. The molecule has 12 nitrogen and oxygen atoms in total. The summed E-state index contributed by atoms with van der Waals surface area (Å²) in [5.41, 5.74) is 20.2. The Morgan fingerprint density at radius 1 is 0.313 bits per heavy atom. The second kappa shape index (κ2) is 57.1. The van der Waals surface area contributed by atoms with Crippen molar-refractivity contribution in [2.45, 2.75) is 277 Å². The Hall–Kier alpha value is -9.16. The smallest absolute Gasteiger partial charge is 0.161 e. The van der Waals surface area contributed by atoms with Gasteiger partial charge in [0, 0.05) is 166 Å². The normalized spacial score (nSPS) is 15.9. The van der Waals surface area contributed by atoms with Crippen LogP contribution in [-0.2, 0) is 99.6 Å². The molecule has 0 bridgehead atoms. The van der Waals surface area contributed by atoms with E-state index in [0.717, 1.165) is 89.4 Å². The summed E-state index contributed by atoms with van der Waals surface area (Å²) < 4.78 is 92.1. The number of hydrogen-bond donors (Lipinski definition) is 4. The number of rotatable bonds is 16. The third-order valence-corrected chi connectivity index (χ3v) is 23.6. The zero-order valence-electron chi connectivity index (χ0n) is 92.4. The molecule has 4 heterocycles. The molecular formula is C118H140Ir4N4O8-4. The van der Waals surface area contributed by atoms with Crippen molar-refractivity contribution in [1.82, 2.24) is 19.9 Å². The van der Waals surface area contributed by atoms with Crippen molar-refractivity contribution in [2.75, 3.05) is 0 Å². The van der Waals surface area contributed by atoms with Gasteiger partial charge >= 0.3 is 0 Å². The maximum absolute atomic E-state index is 11.0. The number of ketones is 4. The Morgan fingerprint density at radius 2 is 0.537 bits per heavy atom. The monoisotopic (exact) mass is 2520 g/mol. The molecule has 4 radical (unpaired) electrons. The summed E-state index contributed by atoms with van der Waals surface area (Å²) in [5, 5.41) is 40.0. The predicted octanol–water partition coefficient (Wildman–Crippen LogP) is 31.4. The van der Waals surface area contributed by atoms with E-state index in [-0.39, 0.29) is 173 Å². The van der Waals surface area contributed by atoms with Gasteiger partial charge < -0.3 is 20.4 Å². The Bertz CT molecular complexity index is 6420. The van der Waals surface area contributed by atoms with Crippen LogP contribution in [0.25, 0.3) is 88.6 Å². The molecule has 0 spiro atoms. The van der Waals surface area contributed by atoms with Crippen molar-refractivity contribution in [1.29, 1.82) is 0 Å².